The van der Waals surface area contributed by atoms with Crippen molar-refractivity contribution < 1.29 is 14.6 Å². The molecule has 1 aliphatic rings. The van der Waals surface area contributed by atoms with Crippen LogP contribution in [0, 0.1) is 6.92 Å². The molecule has 1 saturated carbocycles. The quantitative estimate of drug-likeness (QED) is 0.650. The number of methoxy groups -OCH3 is 1. The van der Waals surface area contributed by atoms with E-state index >= 15 is 0 Å². The van der Waals surface area contributed by atoms with E-state index < -0.39 is 11.5 Å². The van der Waals surface area contributed by atoms with Crippen molar-refractivity contribution in [3.63, 3.8) is 0 Å². The van der Waals surface area contributed by atoms with Gasteiger partial charge in [0.15, 0.2) is 0 Å². The number of aryl methyl sites for hydroxylation is 1. The molecule has 1 aromatic heterocycles. The van der Waals surface area contributed by atoms with E-state index in [-0.39, 0.29) is 5.91 Å². The van der Waals surface area contributed by atoms with E-state index in [4.69, 9.17) is 4.74 Å². The van der Waals surface area contributed by atoms with Crippen molar-refractivity contribution in [3.05, 3.63) is 70.9 Å². The van der Waals surface area contributed by atoms with Crippen LogP contribution in [0.3, 0.4) is 0 Å². The Balaban J connectivity index is 1.45. The fourth-order valence-electron chi connectivity index (χ4n) is 3.91. The topological polar surface area (TPSA) is 71.5 Å². The summed E-state index contributed by atoms with van der Waals surface area (Å²) in [4.78, 5) is 18.5. The zero-order valence-corrected chi connectivity index (χ0v) is 17.3. The first-order valence-corrected chi connectivity index (χ1v) is 10.5. The van der Waals surface area contributed by atoms with E-state index in [0.717, 1.165) is 28.1 Å². The van der Waals surface area contributed by atoms with Gasteiger partial charge in [-0.25, -0.2) is 4.98 Å². The molecule has 1 heterocycles. The van der Waals surface area contributed by atoms with Gasteiger partial charge >= 0.3 is 0 Å². The largest absolute Gasteiger partial charge is 0.497 e. The summed E-state index contributed by atoms with van der Waals surface area (Å²) in [5.41, 5.74) is 5.29. The number of benzene rings is 2. The highest BCUT2D eigenvalue weighted by molar-refractivity contribution is 7.13. The minimum absolute atomic E-state index is 0.0460. The van der Waals surface area contributed by atoms with Crippen molar-refractivity contribution in [1.29, 1.82) is 0 Å². The molecular formula is C23H24N2O3S. The molecule has 4 rings (SSSR count). The van der Waals surface area contributed by atoms with Gasteiger partial charge in [0.1, 0.15) is 5.75 Å². The molecule has 1 amide bonds. The highest BCUT2D eigenvalue weighted by Gasteiger charge is 2.50. The SMILES string of the molecule is COc1ccc(C2(C(=O)NCc3ccc(-c4scnc4C)cc3)CC(O)C2)cc1. The number of aliphatic hydroxyl groups excluding tert-OH is 1. The maximum absolute atomic E-state index is 13.1. The lowest BCUT2D eigenvalue weighted by atomic mass is 9.62. The van der Waals surface area contributed by atoms with Crippen LogP contribution in [0.1, 0.15) is 29.7 Å². The number of hydrogen-bond donors (Lipinski definition) is 2. The zero-order chi connectivity index (χ0) is 20.4. The van der Waals surface area contributed by atoms with Crippen LogP contribution in [0.15, 0.2) is 54.0 Å². The Hall–Kier alpha value is -2.70. The molecule has 5 nitrogen and oxygen atoms in total. The number of aromatic nitrogens is 1. The van der Waals surface area contributed by atoms with Gasteiger partial charge in [-0.3, -0.25) is 4.79 Å². The number of carbonyl (C=O) groups is 1. The summed E-state index contributed by atoms with van der Waals surface area (Å²) in [5.74, 6) is 0.704. The van der Waals surface area contributed by atoms with Crippen LogP contribution in [0.5, 0.6) is 5.75 Å². The second-order valence-electron chi connectivity index (χ2n) is 7.52. The Morgan fingerprint density at radius 2 is 1.90 bits per heavy atom. The molecule has 3 aromatic rings. The Kier molecular flexibility index (Phi) is 5.39. The van der Waals surface area contributed by atoms with Crippen LogP contribution in [0.4, 0.5) is 0 Å². The highest BCUT2D eigenvalue weighted by atomic mass is 32.1. The third-order valence-corrected chi connectivity index (χ3v) is 6.64. The molecule has 29 heavy (non-hydrogen) atoms. The van der Waals surface area contributed by atoms with Crippen LogP contribution in [-0.2, 0) is 16.8 Å². The van der Waals surface area contributed by atoms with Crippen molar-refractivity contribution >= 4 is 17.2 Å². The number of nitrogens with one attached hydrogen (secondary N) is 1. The molecule has 1 aliphatic carbocycles. The maximum atomic E-state index is 13.1. The molecule has 2 N–H and O–H groups in total. The Morgan fingerprint density at radius 1 is 1.21 bits per heavy atom. The number of hydrogen-bond acceptors (Lipinski definition) is 5. The first kappa shape index (κ1) is 19.6. The minimum atomic E-state index is -0.675. The standard InChI is InChI=1S/C23H24N2O3S/c1-15-21(29-14-25-15)17-5-3-16(4-6-17)13-24-22(27)23(11-19(26)12-23)18-7-9-20(28-2)10-8-18/h3-10,14,19,26H,11-13H2,1-2H3,(H,24,27). The number of carbonyl (C=O) groups excluding carboxylic acids is 1. The number of rotatable bonds is 6. The van der Waals surface area contributed by atoms with E-state index in [9.17, 15) is 9.90 Å². The lowest BCUT2D eigenvalue weighted by Gasteiger charge is -2.44. The van der Waals surface area contributed by atoms with Crippen LogP contribution < -0.4 is 10.1 Å². The van der Waals surface area contributed by atoms with Crippen LogP contribution in [0.25, 0.3) is 10.4 Å². The predicted octanol–water partition coefficient (Wildman–Crippen LogP) is 3.84. The van der Waals surface area contributed by atoms with Gasteiger partial charge in [-0.2, -0.15) is 0 Å². The second-order valence-corrected chi connectivity index (χ2v) is 8.37. The molecule has 0 saturated heterocycles. The molecule has 1 fully saturated rings. The number of thiazole rings is 1. The van der Waals surface area contributed by atoms with E-state index in [1.807, 2.05) is 48.8 Å². The normalized spacial score (nSPS) is 20.7. The average Bonchev–Trinajstić information content (AvgIpc) is 3.16. The summed E-state index contributed by atoms with van der Waals surface area (Å²) in [6.07, 6.45) is 0.438. The highest BCUT2D eigenvalue weighted by Crippen LogP contribution is 2.44. The summed E-state index contributed by atoms with van der Waals surface area (Å²) in [5, 5.41) is 13.0. The van der Waals surface area contributed by atoms with Crippen molar-refractivity contribution in [3.8, 4) is 16.2 Å². The molecule has 0 bridgehead atoms. The van der Waals surface area contributed by atoms with Gasteiger partial charge in [-0.15, -0.1) is 11.3 Å². The number of aliphatic hydroxyl groups is 1. The van der Waals surface area contributed by atoms with Crippen LogP contribution in [-0.4, -0.2) is 29.2 Å². The monoisotopic (exact) mass is 408 g/mol. The van der Waals surface area contributed by atoms with E-state index in [1.165, 1.54) is 4.88 Å². The van der Waals surface area contributed by atoms with Gasteiger partial charge in [0.2, 0.25) is 5.91 Å². The van der Waals surface area contributed by atoms with Gasteiger partial charge in [0.05, 0.1) is 34.7 Å². The maximum Gasteiger partial charge on any atom is 0.231 e. The van der Waals surface area contributed by atoms with Crippen molar-refractivity contribution in [2.45, 2.75) is 37.8 Å². The molecule has 0 radical (unpaired) electrons. The van der Waals surface area contributed by atoms with Gasteiger partial charge in [0.25, 0.3) is 0 Å². The smallest absolute Gasteiger partial charge is 0.231 e. The Bertz CT molecular complexity index is 990. The number of nitrogens with zero attached hydrogens (tertiary/aromatic N) is 1. The zero-order valence-electron chi connectivity index (χ0n) is 16.5. The molecule has 0 spiro atoms. The van der Waals surface area contributed by atoms with Crippen molar-refractivity contribution in [1.82, 2.24) is 10.3 Å². The first-order valence-electron chi connectivity index (χ1n) is 9.62. The predicted molar refractivity (Wildman–Crippen MR) is 114 cm³/mol. The fourth-order valence-corrected chi connectivity index (χ4v) is 4.72. The van der Waals surface area contributed by atoms with Gasteiger partial charge < -0.3 is 15.2 Å². The molecule has 6 heteroatoms. The van der Waals surface area contributed by atoms with Crippen molar-refractivity contribution in [2.24, 2.45) is 0 Å². The first-order chi connectivity index (χ1) is 14.0. The van der Waals surface area contributed by atoms with Gasteiger partial charge in [-0.05, 0) is 48.6 Å². The molecular weight excluding hydrogens is 384 g/mol. The van der Waals surface area contributed by atoms with E-state index in [2.05, 4.69) is 22.4 Å². The number of ether oxygens (including phenoxy) is 1. The third-order valence-electron chi connectivity index (χ3n) is 5.66. The van der Waals surface area contributed by atoms with Gasteiger partial charge in [-0.1, -0.05) is 36.4 Å². The van der Waals surface area contributed by atoms with Crippen LogP contribution in [0.2, 0.25) is 0 Å². The lowest BCUT2D eigenvalue weighted by Crippen LogP contribution is -2.55. The average molecular weight is 409 g/mol. The van der Waals surface area contributed by atoms with E-state index in [1.54, 1.807) is 18.4 Å². The molecule has 0 unspecified atom stereocenters. The molecule has 0 atom stereocenters. The number of amides is 1. The summed E-state index contributed by atoms with van der Waals surface area (Å²) < 4.78 is 5.21. The molecule has 2 aromatic carbocycles. The minimum Gasteiger partial charge on any atom is -0.497 e. The van der Waals surface area contributed by atoms with Gasteiger partial charge in [0, 0.05) is 6.54 Å². The Morgan fingerprint density at radius 3 is 2.45 bits per heavy atom. The summed E-state index contributed by atoms with van der Waals surface area (Å²) >= 11 is 1.63. The summed E-state index contributed by atoms with van der Waals surface area (Å²) in [6.45, 7) is 2.46. The third kappa shape index (κ3) is 3.78. The Labute approximate surface area is 174 Å². The van der Waals surface area contributed by atoms with Crippen LogP contribution >= 0.6 is 11.3 Å². The molecule has 0 aliphatic heterocycles. The fraction of sp³-hybridized carbons (Fsp3) is 0.304. The second kappa shape index (κ2) is 7.97. The van der Waals surface area contributed by atoms with E-state index in [0.29, 0.717) is 19.4 Å². The summed E-state index contributed by atoms with van der Waals surface area (Å²) in [6, 6.07) is 15.7. The summed E-state index contributed by atoms with van der Waals surface area (Å²) in [7, 11) is 1.62. The van der Waals surface area contributed by atoms with Crippen molar-refractivity contribution in [2.75, 3.05) is 7.11 Å². The lowest BCUT2D eigenvalue weighted by molar-refractivity contribution is -0.135. The molecule has 150 valence electrons.